The van der Waals surface area contributed by atoms with E-state index in [0.29, 0.717) is 6.41 Å². The lowest BCUT2D eigenvalue weighted by atomic mass is 10.0. The fourth-order valence-corrected chi connectivity index (χ4v) is 1.14. The van der Waals surface area contributed by atoms with Crippen LogP contribution in [0.3, 0.4) is 0 Å². The average Bonchev–Trinajstić information content (AvgIpc) is 2.17. The molecule has 0 unspecified atom stereocenters. The molecule has 1 saturated heterocycles. The second-order valence-electron chi connectivity index (χ2n) is 2.76. The second kappa shape index (κ2) is 2.90. The smallest absolute Gasteiger partial charge is 0.329 e. The molecule has 1 rings (SSSR count). The SMILES string of the molecule is C[C@@H]1[C@H](NC=O)C(=O)O[C@@H]1C. The summed E-state index contributed by atoms with van der Waals surface area (Å²) in [6.07, 6.45) is 0.431. The number of cyclic esters (lactones) is 1. The summed E-state index contributed by atoms with van der Waals surface area (Å²) in [5, 5.41) is 2.42. The number of carbonyl (C=O) groups is 2. The standard InChI is InChI=1S/C7H11NO3/c1-4-5(2)11-7(10)6(4)8-3-9/h3-6H,1-2H3,(H,8,9)/t4-,5+,6-/m0/s1. The molecular formula is C7H11NO3. The lowest BCUT2D eigenvalue weighted by Gasteiger charge is -2.10. The van der Waals surface area contributed by atoms with Crippen LogP contribution in [-0.2, 0) is 14.3 Å². The van der Waals surface area contributed by atoms with Gasteiger partial charge in [0.25, 0.3) is 0 Å². The van der Waals surface area contributed by atoms with Gasteiger partial charge in [-0.15, -0.1) is 0 Å². The Morgan fingerprint density at radius 3 is 2.55 bits per heavy atom. The third-order valence-corrected chi connectivity index (χ3v) is 2.07. The molecule has 1 aliphatic heterocycles. The zero-order valence-corrected chi connectivity index (χ0v) is 6.53. The van der Waals surface area contributed by atoms with Crippen molar-refractivity contribution in [1.82, 2.24) is 5.32 Å². The Kier molecular flexibility index (Phi) is 2.12. The quantitative estimate of drug-likeness (QED) is 0.441. The van der Waals surface area contributed by atoms with E-state index in [1.807, 2.05) is 13.8 Å². The molecule has 0 saturated carbocycles. The van der Waals surface area contributed by atoms with E-state index in [-0.39, 0.29) is 18.0 Å². The molecule has 1 N–H and O–H groups in total. The van der Waals surface area contributed by atoms with E-state index >= 15 is 0 Å². The van der Waals surface area contributed by atoms with Crippen molar-refractivity contribution >= 4 is 12.4 Å². The molecule has 0 aromatic rings. The Balaban J connectivity index is 2.63. The average molecular weight is 157 g/mol. The van der Waals surface area contributed by atoms with E-state index in [4.69, 9.17) is 4.74 Å². The predicted octanol–water partition coefficient (Wildman–Crippen LogP) is -0.318. The summed E-state index contributed by atoms with van der Waals surface area (Å²) in [5.41, 5.74) is 0. The maximum absolute atomic E-state index is 10.9. The van der Waals surface area contributed by atoms with E-state index in [1.165, 1.54) is 0 Å². The van der Waals surface area contributed by atoms with Gasteiger partial charge in [0.15, 0.2) is 0 Å². The van der Waals surface area contributed by atoms with Crippen molar-refractivity contribution in [2.24, 2.45) is 5.92 Å². The summed E-state index contributed by atoms with van der Waals surface area (Å²) in [7, 11) is 0. The molecule has 3 atom stereocenters. The first kappa shape index (κ1) is 8.04. The van der Waals surface area contributed by atoms with Gasteiger partial charge in [0, 0.05) is 5.92 Å². The van der Waals surface area contributed by atoms with Crippen molar-refractivity contribution in [2.45, 2.75) is 26.0 Å². The molecule has 0 bridgehead atoms. The van der Waals surface area contributed by atoms with Gasteiger partial charge in [0.2, 0.25) is 6.41 Å². The van der Waals surface area contributed by atoms with Crippen LogP contribution in [0.1, 0.15) is 13.8 Å². The van der Waals surface area contributed by atoms with Gasteiger partial charge in [-0.3, -0.25) is 4.79 Å². The zero-order chi connectivity index (χ0) is 8.43. The summed E-state index contributed by atoms with van der Waals surface area (Å²) >= 11 is 0. The van der Waals surface area contributed by atoms with Crippen molar-refractivity contribution in [3.8, 4) is 0 Å². The highest BCUT2D eigenvalue weighted by atomic mass is 16.6. The van der Waals surface area contributed by atoms with Gasteiger partial charge in [-0.1, -0.05) is 6.92 Å². The van der Waals surface area contributed by atoms with E-state index < -0.39 is 6.04 Å². The first-order valence-electron chi connectivity index (χ1n) is 3.57. The summed E-state index contributed by atoms with van der Waals surface area (Å²) < 4.78 is 4.88. The van der Waals surface area contributed by atoms with Crippen LogP contribution >= 0.6 is 0 Å². The van der Waals surface area contributed by atoms with Gasteiger partial charge in [-0.05, 0) is 6.92 Å². The minimum Gasteiger partial charge on any atom is -0.461 e. The van der Waals surface area contributed by atoms with Gasteiger partial charge in [0.05, 0.1) is 0 Å². The van der Waals surface area contributed by atoms with Gasteiger partial charge >= 0.3 is 5.97 Å². The maximum Gasteiger partial charge on any atom is 0.329 e. The van der Waals surface area contributed by atoms with Crippen molar-refractivity contribution in [2.75, 3.05) is 0 Å². The molecule has 4 heteroatoms. The van der Waals surface area contributed by atoms with Crippen LogP contribution < -0.4 is 5.32 Å². The normalized spacial score (nSPS) is 36.5. The third-order valence-electron chi connectivity index (χ3n) is 2.07. The summed E-state index contributed by atoms with van der Waals surface area (Å²) in [6, 6.07) is -0.456. The fraction of sp³-hybridized carbons (Fsp3) is 0.714. The molecule has 1 heterocycles. The van der Waals surface area contributed by atoms with Crippen molar-refractivity contribution in [3.63, 3.8) is 0 Å². The van der Waals surface area contributed by atoms with Gasteiger partial charge in [0.1, 0.15) is 12.1 Å². The topological polar surface area (TPSA) is 55.4 Å². The maximum atomic E-state index is 10.9. The Labute approximate surface area is 64.9 Å². The van der Waals surface area contributed by atoms with Crippen molar-refractivity contribution < 1.29 is 14.3 Å². The molecule has 0 spiro atoms. The summed E-state index contributed by atoms with van der Waals surface area (Å²) in [5.74, 6) is -0.273. The van der Waals surface area contributed by atoms with Crippen LogP contribution in [0.4, 0.5) is 0 Å². The first-order valence-corrected chi connectivity index (χ1v) is 3.57. The largest absolute Gasteiger partial charge is 0.461 e. The molecule has 4 nitrogen and oxygen atoms in total. The molecular weight excluding hydrogens is 146 g/mol. The third kappa shape index (κ3) is 1.34. The summed E-state index contributed by atoms with van der Waals surface area (Å²) in [4.78, 5) is 21.0. The number of hydrogen-bond acceptors (Lipinski definition) is 3. The van der Waals surface area contributed by atoms with Crippen LogP contribution in [0, 0.1) is 5.92 Å². The van der Waals surface area contributed by atoms with Gasteiger partial charge < -0.3 is 10.1 Å². The highest BCUT2D eigenvalue weighted by Gasteiger charge is 2.38. The Morgan fingerprint density at radius 2 is 2.18 bits per heavy atom. The van der Waals surface area contributed by atoms with Gasteiger partial charge in [-0.25, -0.2) is 4.79 Å². The Morgan fingerprint density at radius 1 is 1.55 bits per heavy atom. The highest BCUT2D eigenvalue weighted by Crippen LogP contribution is 2.20. The van der Waals surface area contributed by atoms with Crippen molar-refractivity contribution in [3.05, 3.63) is 0 Å². The molecule has 11 heavy (non-hydrogen) atoms. The monoisotopic (exact) mass is 157 g/mol. The molecule has 0 radical (unpaired) electrons. The van der Waals surface area contributed by atoms with E-state index in [9.17, 15) is 9.59 Å². The Bertz CT molecular complexity index is 181. The van der Waals surface area contributed by atoms with Crippen LogP contribution in [0.15, 0.2) is 0 Å². The molecule has 1 fully saturated rings. The minimum absolute atomic E-state index is 0.0627. The van der Waals surface area contributed by atoms with E-state index in [2.05, 4.69) is 5.32 Å². The summed E-state index contributed by atoms with van der Waals surface area (Å²) in [6.45, 7) is 3.69. The Hall–Kier alpha value is -1.06. The zero-order valence-electron chi connectivity index (χ0n) is 6.53. The number of rotatable bonds is 2. The van der Waals surface area contributed by atoms with Crippen LogP contribution in [0.25, 0.3) is 0 Å². The van der Waals surface area contributed by atoms with Crippen LogP contribution in [0.5, 0.6) is 0 Å². The van der Waals surface area contributed by atoms with Gasteiger partial charge in [-0.2, -0.15) is 0 Å². The first-order chi connectivity index (χ1) is 5.16. The van der Waals surface area contributed by atoms with E-state index in [1.54, 1.807) is 0 Å². The number of nitrogens with one attached hydrogen (secondary N) is 1. The lowest BCUT2D eigenvalue weighted by molar-refractivity contribution is -0.143. The molecule has 1 amide bonds. The molecule has 0 aromatic carbocycles. The molecule has 1 aliphatic rings. The molecule has 0 aliphatic carbocycles. The predicted molar refractivity (Wildman–Crippen MR) is 37.7 cm³/mol. The number of carbonyl (C=O) groups excluding carboxylic acids is 2. The number of hydrogen-bond donors (Lipinski definition) is 1. The number of amides is 1. The number of ether oxygens (including phenoxy) is 1. The van der Waals surface area contributed by atoms with Crippen LogP contribution in [0.2, 0.25) is 0 Å². The van der Waals surface area contributed by atoms with Crippen molar-refractivity contribution in [1.29, 1.82) is 0 Å². The van der Waals surface area contributed by atoms with E-state index in [0.717, 1.165) is 0 Å². The van der Waals surface area contributed by atoms with Crippen LogP contribution in [-0.4, -0.2) is 24.5 Å². The molecule has 0 aromatic heterocycles. The minimum atomic E-state index is -0.456. The second-order valence-corrected chi connectivity index (χ2v) is 2.76. The number of esters is 1. The highest BCUT2D eigenvalue weighted by molar-refractivity contribution is 5.80. The molecule has 62 valence electrons. The fourth-order valence-electron chi connectivity index (χ4n) is 1.14. The lowest BCUT2D eigenvalue weighted by Crippen LogP contribution is -2.37.